The quantitative estimate of drug-likeness (QED) is 0.0845. The molecule has 12 rings (SSSR count). The van der Waals surface area contributed by atoms with E-state index in [2.05, 4.69) is 146 Å². The van der Waals surface area contributed by atoms with Crippen molar-refractivity contribution in [3.63, 3.8) is 0 Å². The fraction of sp³-hybridized carbons (Fsp3) is 0. The third-order valence-corrected chi connectivity index (χ3v) is 27.5. The molecule has 0 bridgehead atoms. The molecule has 0 N–H and O–H groups in total. The van der Waals surface area contributed by atoms with Crippen LogP contribution >= 0.6 is 171 Å². The van der Waals surface area contributed by atoms with E-state index in [9.17, 15) is 0 Å². The van der Waals surface area contributed by atoms with Crippen molar-refractivity contribution in [2.75, 3.05) is 0 Å². The van der Waals surface area contributed by atoms with Crippen LogP contribution < -0.4 is 63.7 Å². The third-order valence-electron chi connectivity index (χ3n) is 13.6. The average molecular weight is 1570 g/mol. The predicted molar refractivity (Wildman–Crippen MR) is 406 cm³/mol. The van der Waals surface area contributed by atoms with Gasteiger partial charge in [0.15, 0.2) is 0 Å². The van der Waals surface area contributed by atoms with Crippen molar-refractivity contribution in [1.82, 2.24) is 0 Å². The summed E-state index contributed by atoms with van der Waals surface area (Å²) in [5.74, 6) is 0. The van der Waals surface area contributed by atoms with E-state index in [1.807, 2.05) is 146 Å². The molecular formula is C72H52Cl12P4Pd+4. The second-order valence-corrected chi connectivity index (χ2v) is 34.7. The molecule has 0 nitrogen and oxygen atoms in total. The number of benzene rings is 12. The largest absolute Gasteiger partial charge is 0.102 e. The van der Waals surface area contributed by atoms with Gasteiger partial charge in [0.05, 0.1) is 31.7 Å². The van der Waals surface area contributed by atoms with Crippen LogP contribution in [0.15, 0.2) is 291 Å². The van der Waals surface area contributed by atoms with Gasteiger partial charge in [0.25, 0.3) is 0 Å². The van der Waals surface area contributed by atoms with Gasteiger partial charge in [-0.05, 0) is 291 Å². The van der Waals surface area contributed by atoms with Crippen LogP contribution in [0.2, 0.25) is 60.3 Å². The average Bonchev–Trinajstić information content (AvgIpc) is 2.73. The van der Waals surface area contributed by atoms with Crippen LogP contribution in [0.25, 0.3) is 0 Å². The molecule has 0 saturated heterocycles. The van der Waals surface area contributed by atoms with Gasteiger partial charge >= 0.3 is 0 Å². The normalized spacial score (nSPS) is 10.8. The van der Waals surface area contributed by atoms with Crippen molar-refractivity contribution in [3.8, 4) is 0 Å². The van der Waals surface area contributed by atoms with Crippen LogP contribution in [-0.2, 0) is 20.4 Å². The Hall–Kier alpha value is -3.50. The van der Waals surface area contributed by atoms with E-state index in [0.717, 1.165) is 60.3 Å². The Bertz CT molecular complexity index is 3120. The zero-order valence-corrected chi connectivity index (χ0v) is 61.2. The fourth-order valence-electron chi connectivity index (χ4n) is 9.40. The SMILES string of the molecule is Clc1ccc([PH+](c2ccc(Cl)cc2)c2ccc(Cl)cc2)cc1.Clc1ccc([PH+](c2ccc(Cl)cc2)c2ccc(Cl)cc2)cc1.Clc1ccc([PH+](c2ccc(Cl)cc2)c2ccc(Cl)cc2)cc1.Clc1ccc([PH+](c2ccc(Cl)cc2)c2ccc(Cl)cc2)cc1.[Pd]. The maximum Gasteiger partial charge on any atom is 0.102 e. The Balaban J connectivity index is 0.000000153. The summed E-state index contributed by atoms with van der Waals surface area (Å²) in [6, 6.07) is 96.8. The molecule has 0 aliphatic heterocycles. The summed E-state index contributed by atoms with van der Waals surface area (Å²) in [5, 5.41) is 24.3. The van der Waals surface area contributed by atoms with Crippen molar-refractivity contribution < 1.29 is 20.4 Å². The van der Waals surface area contributed by atoms with Crippen LogP contribution in [-0.4, -0.2) is 0 Å². The van der Waals surface area contributed by atoms with E-state index in [-0.39, 0.29) is 20.4 Å². The molecule has 0 amide bonds. The minimum atomic E-state index is -1.10. The number of halogens is 12. The number of hydrogen-bond acceptors (Lipinski definition) is 0. The van der Waals surface area contributed by atoms with Gasteiger partial charge in [-0.15, -0.1) is 0 Å². The first-order valence-electron chi connectivity index (χ1n) is 27.1. The summed E-state index contributed by atoms with van der Waals surface area (Å²) in [4.78, 5) is 0. The molecule has 0 aliphatic rings. The summed E-state index contributed by atoms with van der Waals surface area (Å²) in [7, 11) is -4.41. The second kappa shape index (κ2) is 35.7. The minimum absolute atomic E-state index is 0. The molecule has 0 heterocycles. The van der Waals surface area contributed by atoms with E-state index in [1.54, 1.807) is 0 Å². The first kappa shape index (κ1) is 71.4. The summed E-state index contributed by atoms with van der Waals surface area (Å²) in [6.45, 7) is 0. The standard InChI is InChI=1S/4C18H12Cl3P.Pd/c4*19-13-1-7-16(8-2-13)22(17-9-3-14(20)4-10-17)18-11-5-15(21)6-12-18;/h4*1-12H;/p+4. The van der Waals surface area contributed by atoms with Gasteiger partial charge in [0, 0.05) is 80.7 Å². The summed E-state index contributed by atoms with van der Waals surface area (Å²) in [6.07, 6.45) is 0. The Kier molecular flexibility index (Phi) is 28.6. The zero-order chi connectivity index (χ0) is 62.1. The van der Waals surface area contributed by atoms with Crippen LogP contribution in [0.1, 0.15) is 0 Å². The molecular weight excluding hydrogens is 1520 g/mol. The van der Waals surface area contributed by atoms with E-state index in [0.29, 0.717) is 0 Å². The van der Waals surface area contributed by atoms with Crippen molar-refractivity contribution >= 4 is 235 Å². The van der Waals surface area contributed by atoms with Gasteiger partial charge in [-0.25, -0.2) is 0 Å². The van der Waals surface area contributed by atoms with Crippen molar-refractivity contribution in [1.29, 1.82) is 0 Å². The van der Waals surface area contributed by atoms with Crippen LogP contribution in [0, 0.1) is 0 Å². The fourth-order valence-corrected chi connectivity index (χ4v) is 20.9. The molecule has 12 aromatic rings. The van der Waals surface area contributed by atoms with Crippen molar-refractivity contribution in [3.05, 3.63) is 351 Å². The number of rotatable bonds is 12. The van der Waals surface area contributed by atoms with E-state index < -0.39 is 31.7 Å². The van der Waals surface area contributed by atoms with E-state index in [4.69, 9.17) is 139 Å². The molecule has 0 saturated carbocycles. The van der Waals surface area contributed by atoms with E-state index in [1.165, 1.54) is 63.7 Å². The Labute approximate surface area is 599 Å². The maximum atomic E-state index is 6.03. The molecule has 0 aliphatic carbocycles. The molecule has 0 radical (unpaired) electrons. The topological polar surface area (TPSA) is 0 Å². The molecule has 89 heavy (non-hydrogen) atoms. The molecule has 0 atom stereocenters. The first-order chi connectivity index (χ1) is 42.5. The smallest absolute Gasteiger partial charge is 0.0843 e. The monoisotopic (exact) mass is 1570 g/mol. The second-order valence-electron chi connectivity index (χ2n) is 19.6. The van der Waals surface area contributed by atoms with Crippen LogP contribution in [0.5, 0.6) is 0 Å². The maximum absolute atomic E-state index is 6.03. The molecule has 12 aromatic carbocycles. The van der Waals surface area contributed by atoms with Gasteiger partial charge in [0.2, 0.25) is 0 Å². The Morgan fingerprint density at radius 2 is 0.169 bits per heavy atom. The van der Waals surface area contributed by atoms with Gasteiger partial charge < -0.3 is 0 Å². The predicted octanol–water partition coefficient (Wildman–Crippen LogP) is 20.5. The van der Waals surface area contributed by atoms with E-state index >= 15 is 0 Å². The summed E-state index contributed by atoms with van der Waals surface area (Å²) in [5.41, 5.74) is 0. The van der Waals surface area contributed by atoms with Gasteiger partial charge in [-0.2, -0.15) is 0 Å². The molecule has 0 unspecified atom stereocenters. The molecule has 17 heteroatoms. The molecule has 0 fully saturated rings. The van der Waals surface area contributed by atoms with Crippen molar-refractivity contribution in [2.45, 2.75) is 0 Å². The zero-order valence-electron chi connectivity index (χ0n) is 46.6. The van der Waals surface area contributed by atoms with Gasteiger partial charge in [-0.1, -0.05) is 139 Å². The Morgan fingerprint density at radius 1 is 0.112 bits per heavy atom. The third kappa shape index (κ3) is 21.3. The molecule has 0 aromatic heterocycles. The summed E-state index contributed by atoms with van der Waals surface area (Å²) < 4.78 is 0. The van der Waals surface area contributed by atoms with Crippen LogP contribution in [0.3, 0.4) is 0 Å². The van der Waals surface area contributed by atoms with Crippen LogP contribution in [0.4, 0.5) is 0 Å². The minimum Gasteiger partial charge on any atom is -0.0843 e. The Morgan fingerprint density at radius 3 is 0.225 bits per heavy atom. The van der Waals surface area contributed by atoms with Gasteiger partial charge in [0.1, 0.15) is 63.7 Å². The van der Waals surface area contributed by atoms with Crippen molar-refractivity contribution in [2.24, 2.45) is 0 Å². The molecule has 0 spiro atoms. The molecule has 450 valence electrons. The first-order valence-corrected chi connectivity index (χ1v) is 37.7. The summed E-state index contributed by atoms with van der Waals surface area (Å²) >= 11 is 72.3. The number of hydrogen-bond donors (Lipinski definition) is 0. The van der Waals surface area contributed by atoms with Gasteiger partial charge in [-0.3, -0.25) is 0 Å².